The number of hydrogen-bond acceptors (Lipinski definition) is 3. The van der Waals surface area contributed by atoms with E-state index >= 15 is 0 Å². The van der Waals surface area contributed by atoms with Gasteiger partial charge in [0, 0.05) is 0 Å². The summed E-state index contributed by atoms with van der Waals surface area (Å²) < 4.78 is 0. The van der Waals surface area contributed by atoms with Gasteiger partial charge in [0.15, 0.2) is 0 Å². The summed E-state index contributed by atoms with van der Waals surface area (Å²) in [6.45, 7) is 6.67. The summed E-state index contributed by atoms with van der Waals surface area (Å²) in [5, 5.41) is 30.4. The Labute approximate surface area is 214 Å². The van der Waals surface area contributed by atoms with Gasteiger partial charge in [-0.05, 0) is 125 Å². The lowest BCUT2D eigenvalue weighted by molar-refractivity contribution is 0.474. The van der Waals surface area contributed by atoms with Crippen LogP contribution in [0.15, 0.2) is 72.8 Å². The maximum Gasteiger partial charge on any atom is 0.115 e. The standard InChI is InChI=1S/C33H36O3/c1-4-28-31(19-22-10-7-13-25(34)16-22)29(5-2)33(21-24-12-9-15-27(36)18-24)30(6-3)32(28)20-23-11-8-14-26(35)17-23/h7-18,34-36H,4-6,19-21H2,1-3H3. The predicted molar refractivity (Wildman–Crippen MR) is 147 cm³/mol. The molecule has 3 heteroatoms. The first-order valence-corrected chi connectivity index (χ1v) is 12.9. The smallest absolute Gasteiger partial charge is 0.115 e. The summed E-state index contributed by atoms with van der Waals surface area (Å²) in [4.78, 5) is 0. The van der Waals surface area contributed by atoms with Crippen molar-refractivity contribution in [3.63, 3.8) is 0 Å². The molecule has 4 aromatic carbocycles. The first-order chi connectivity index (χ1) is 17.4. The second-order valence-corrected chi connectivity index (χ2v) is 9.47. The van der Waals surface area contributed by atoms with E-state index in [0.29, 0.717) is 0 Å². The number of aromatic hydroxyl groups is 3. The molecular weight excluding hydrogens is 444 g/mol. The average molecular weight is 481 g/mol. The lowest BCUT2D eigenvalue weighted by Crippen LogP contribution is -2.14. The van der Waals surface area contributed by atoms with Crippen molar-refractivity contribution in [2.24, 2.45) is 0 Å². The van der Waals surface area contributed by atoms with Crippen LogP contribution in [0.4, 0.5) is 0 Å². The van der Waals surface area contributed by atoms with Gasteiger partial charge in [0.25, 0.3) is 0 Å². The molecule has 0 unspecified atom stereocenters. The van der Waals surface area contributed by atoms with Crippen molar-refractivity contribution in [2.75, 3.05) is 0 Å². The minimum Gasteiger partial charge on any atom is -0.508 e. The highest BCUT2D eigenvalue weighted by molar-refractivity contribution is 5.57. The van der Waals surface area contributed by atoms with Crippen molar-refractivity contribution in [3.8, 4) is 17.2 Å². The number of phenols is 3. The van der Waals surface area contributed by atoms with Crippen molar-refractivity contribution in [1.82, 2.24) is 0 Å². The minimum absolute atomic E-state index is 0.286. The predicted octanol–water partition coefficient (Wildman–Crippen LogP) is 7.26. The molecule has 36 heavy (non-hydrogen) atoms. The van der Waals surface area contributed by atoms with E-state index in [1.54, 1.807) is 18.2 Å². The lowest BCUT2D eigenvalue weighted by atomic mass is 9.78. The second kappa shape index (κ2) is 11.3. The van der Waals surface area contributed by atoms with Gasteiger partial charge >= 0.3 is 0 Å². The fourth-order valence-corrected chi connectivity index (χ4v) is 5.62. The topological polar surface area (TPSA) is 60.7 Å². The van der Waals surface area contributed by atoms with Gasteiger partial charge < -0.3 is 15.3 Å². The molecule has 0 fully saturated rings. The van der Waals surface area contributed by atoms with Crippen LogP contribution < -0.4 is 0 Å². The summed E-state index contributed by atoms with van der Waals surface area (Å²) in [5.74, 6) is 0.858. The van der Waals surface area contributed by atoms with Crippen LogP contribution in [0.25, 0.3) is 0 Å². The zero-order valence-electron chi connectivity index (χ0n) is 21.5. The highest BCUT2D eigenvalue weighted by Crippen LogP contribution is 2.35. The zero-order valence-corrected chi connectivity index (χ0v) is 21.5. The summed E-state index contributed by atoms with van der Waals surface area (Å²) in [6.07, 6.45) is 5.00. The number of rotatable bonds is 9. The van der Waals surface area contributed by atoms with Crippen LogP contribution in [-0.4, -0.2) is 15.3 Å². The lowest BCUT2D eigenvalue weighted by Gasteiger charge is -2.27. The van der Waals surface area contributed by atoms with E-state index in [4.69, 9.17) is 0 Å². The number of phenolic OH excluding ortho intramolecular Hbond substituents is 3. The molecule has 0 heterocycles. The van der Waals surface area contributed by atoms with Gasteiger partial charge in [0.1, 0.15) is 17.2 Å². The molecule has 0 aliphatic rings. The maximum absolute atomic E-state index is 10.1. The van der Waals surface area contributed by atoms with E-state index in [-0.39, 0.29) is 17.2 Å². The van der Waals surface area contributed by atoms with Gasteiger partial charge in [-0.2, -0.15) is 0 Å². The van der Waals surface area contributed by atoms with Crippen LogP contribution in [0.1, 0.15) is 70.8 Å². The quantitative estimate of drug-likeness (QED) is 0.236. The number of benzene rings is 4. The van der Waals surface area contributed by atoms with E-state index in [1.807, 2.05) is 36.4 Å². The maximum atomic E-state index is 10.1. The van der Waals surface area contributed by atoms with Gasteiger partial charge in [0.2, 0.25) is 0 Å². The molecule has 3 nitrogen and oxygen atoms in total. The highest BCUT2D eigenvalue weighted by atomic mass is 16.3. The Bertz CT molecular complexity index is 1170. The SMILES string of the molecule is CCc1c(Cc2cccc(O)c2)c(CC)c(Cc2cccc(O)c2)c(CC)c1Cc1cccc(O)c1. The third-order valence-corrected chi connectivity index (χ3v) is 7.12. The normalized spacial score (nSPS) is 11.1. The van der Waals surface area contributed by atoms with E-state index < -0.39 is 0 Å². The molecule has 0 bridgehead atoms. The van der Waals surface area contributed by atoms with Gasteiger partial charge in [0.05, 0.1) is 0 Å². The van der Waals surface area contributed by atoms with Crippen LogP contribution in [0, 0.1) is 0 Å². The molecule has 0 atom stereocenters. The molecule has 4 aromatic rings. The van der Waals surface area contributed by atoms with E-state index in [1.165, 1.54) is 33.4 Å². The summed E-state index contributed by atoms with van der Waals surface area (Å²) in [7, 11) is 0. The molecule has 4 rings (SSSR count). The summed E-state index contributed by atoms with van der Waals surface area (Å²) >= 11 is 0. The van der Waals surface area contributed by atoms with Crippen molar-refractivity contribution < 1.29 is 15.3 Å². The van der Waals surface area contributed by atoms with Gasteiger partial charge in [-0.25, -0.2) is 0 Å². The van der Waals surface area contributed by atoms with Gasteiger partial charge in [-0.1, -0.05) is 57.2 Å². The van der Waals surface area contributed by atoms with Crippen molar-refractivity contribution >= 4 is 0 Å². The third kappa shape index (κ3) is 5.57. The highest BCUT2D eigenvalue weighted by Gasteiger charge is 2.22. The molecule has 0 radical (unpaired) electrons. The monoisotopic (exact) mass is 480 g/mol. The second-order valence-electron chi connectivity index (χ2n) is 9.47. The van der Waals surface area contributed by atoms with Gasteiger partial charge in [-0.15, -0.1) is 0 Å². The molecule has 0 amide bonds. The largest absolute Gasteiger partial charge is 0.508 e. The van der Waals surface area contributed by atoms with Crippen LogP contribution in [-0.2, 0) is 38.5 Å². The van der Waals surface area contributed by atoms with Crippen molar-refractivity contribution in [1.29, 1.82) is 0 Å². The first kappa shape index (κ1) is 25.4. The molecule has 0 aliphatic carbocycles. The molecular formula is C33H36O3. The van der Waals surface area contributed by atoms with E-state index in [0.717, 1.165) is 55.2 Å². The number of hydrogen-bond donors (Lipinski definition) is 3. The zero-order chi connectivity index (χ0) is 25.7. The molecule has 0 aliphatic heterocycles. The molecule has 0 spiro atoms. The Morgan fingerprint density at radius 2 is 0.694 bits per heavy atom. The molecule has 186 valence electrons. The van der Waals surface area contributed by atoms with E-state index in [2.05, 4.69) is 39.0 Å². The van der Waals surface area contributed by atoms with Gasteiger partial charge in [-0.3, -0.25) is 0 Å². The Hall–Kier alpha value is -3.72. The van der Waals surface area contributed by atoms with Crippen LogP contribution in [0.2, 0.25) is 0 Å². The van der Waals surface area contributed by atoms with Crippen molar-refractivity contribution in [3.05, 3.63) is 123 Å². The molecule has 3 N–H and O–H groups in total. The summed E-state index contributed by atoms with van der Waals surface area (Å²) in [6, 6.07) is 22.7. The Morgan fingerprint density at radius 3 is 0.917 bits per heavy atom. The minimum atomic E-state index is 0.286. The third-order valence-electron chi connectivity index (χ3n) is 7.12. The summed E-state index contributed by atoms with van der Waals surface area (Å²) in [5.41, 5.74) is 11.4. The van der Waals surface area contributed by atoms with Crippen LogP contribution in [0.3, 0.4) is 0 Å². The molecule has 0 saturated carbocycles. The van der Waals surface area contributed by atoms with Crippen LogP contribution >= 0.6 is 0 Å². The molecule has 0 saturated heterocycles. The first-order valence-electron chi connectivity index (χ1n) is 12.9. The molecule has 0 aromatic heterocycles. The Kier molecular flexibility index (Phi) is 8.00. The van der Waals surface area contributed by atoms with Crippen molar-refractivity contribution in [2.45, 2.75) is 59.3 Å². The van der Waals surface area contributed by atoms with Crippen LogP contribution in [0.5, 0.6) is 17.2 Å². The Balaban J connectivity index is 1.96. The average Bonchev–Trinajstić information content (AvgIpc) is 2.85. The fraction of sp³-hybridized carbons (Fsp3) is 0.273. The van der Waals surface area contributed by atoms with E-state index in [9.17, 15) is 15.3 Å². The Morgan fingerprint density at radius 1 is 0.417 bits per heavy atom. The fourth-order valence-electron chi connectivity index (χ4n) is 5.62.